The second-order valence-electron chi connectivity index (χ2n) is 8.33. The highest BCUT2D eigenvalue weighted by molar-refractivity contribution is 6.04. The molecule has 1 aliphatic rings. The predicted octanol–water partition coefficient (Wildman–Crippen LogP) is 5.12. The molecule has 3 aromatic carbocycles. The molecule has 7 heteroatoms. The molecule has 0 saturated carbocycles. The zero-order valence-corrected chi connectivity index (χ0v) is 19.5. The maximum Gasteiger partial charge on any atom is 0.407 e. The van der Waals surface area contributed by atoms with Crippen LogP contribution in [-0.2, 0) is 9.53 Å². The van der Waals surface area contributed by atoms with Gasteiger partial charge in [-0.1, -0.05) is 60.7 Å². The van der Waals surface area contributed by atoms with Gasteiger partial charge in [-0.15, -0.1) is 0 Å². The number of carboxylic acids is 1. The number of anilines is 1. The van der Waals surface area contributed by atoms with Crippen LogP contribution in [0.3, 0.4) is 0 Å². The summed E-state index contributed by atoms with van der Waals surface area (Å²) in [4.78, 5) is 36.1. The second kappa shape index (κ2) is 10.3. The van der Waals surface area contributed by atoms with Gasteiger partial charge in [0.15, 0.2) is 0 Å². The van der Waals surface area contributed by atoms with Crippen molar-refractivity contribution in [2.75, 3.05) is 18.5 Å². The highest BCUT2D eigenvalue weighted by Crippen LogP contribution is 2.44. The molecule has 7 nitrogen and oxygen atoms in total. The zero-order valence-electron chi connectivity index (χ0n) is 19.5. The molecule has 0 unspecified atom stereocenters. The number of carbonyl (C=O) groups excluding carboxylic acids is 2. The van der Waals surface area contributed by atoms with Crippen LogP contribution >= 0.6 is 0 Å². The lowest BCUT2D eigenvalue weighted by Gasteiger charge is -2.14. The van der Waals surface area contributed by atoms with Gasteiger partial charge in [0.1, 0.15) is 6.61 Å². The molecule has 178 valence electrons. The summed E-state index contributed by atoms with van der Waals surface area (Å²) in [7, 11) is 0. The van der Waals surface area contributed by atoms with Crippen molar-refractivity contribution in [3.63, 3.8) is 0 Å². The standard InChI is InChI=1S/C28H26N2O5/c1-17(26(31)30-25-13-7-12-19(18(25)2)27(32)33)14-15-29-28(34)35-16-24-22-10-5-3-8-20(22)21-9-4-6-11-23(21)24/h3-14,24H,15-16H2,1-2H3,(H,29,34)(H,30,31)(H,32,33)/b17-14+. The smallest absolute Gasteiger partial charge is 0.407 e. The van der Waals surface area contributed by atoms with Crippen molar-refractivity contribution in [3.05, 3.63) is 101 Å². The molecular formula is C28H26N2O5. The minimum atomic E-state index is -1.06. The van der Waals surface area contributed by atoms with Crippen LogP contribution in [0.4, 0.5) is 10.5 Å². The second-order valence-corrected chi connectivity index (χ2v) is 8.33. The Balaban J connectivity index is 1.31. The van der Waals surface area contributed by atoms with E-state index in [0.29, 0.717) is 16.8 Å². The van der Waals surface area contributed by atoms with Crippen molar-refractivity contribution >= 4 is 23.7 Å². The van der Waals surface area contributed by atoms with Crippen molar-refractivity contribution in [2.45, 2.75) is 19.8 Å². The van der Waals surface area contributed by atoms with E-state index in [9.17, 15) is 19.5 Å². The Morgan fingerprint density at radius 3 is 2.20 bits per heavy atom. The summed E-state index contributed by atoms with van der Waals surface area (Å²) >= 11 is 0. The number of rotatable bonds is 7. The third kappa shape index (κ3) is 5.09. The molecule has 3 N–H and O–H groups in total. The summed E-state index contributed by atoms with van der Waals surface area (Å²) in [5, 5.41) is 14.6. The first-order chi connectivity index (χ1) is 16.9. The molecule has 35 heavy (non-hydrogen) atoms. The highest BCUT2D eigenvalue weighted by Gasteiger charge is 2.28. The molecule has 0 fully saturated rings. The number of ether oxygens (including phenoxy) is 1. The van der Waals surface area contributed by atoms with Crippen LogP contribution in [-0.4, -0.2) is 36.2 Å². The Hall–Kier alpha value is -4.39. The fraction of sp³-hybridized carbons (Fsp3) is 0.179. The van der Waals surface area contributed by atoms with Gasteiger partial charge in [-0.05, 0) is 53.8 Å². The van der Waals surface area contributed by atoms with Gasteiger partial charge in [-0.25, -0.2) is 9.59 Å². The topological polar surface area (TPSA) is 105 Å². The number of hydrogen-bond acceptors (Lipinski definition) is 4. The molecule has 3 aromatic rings. The van der Waals surface area contributed by atoms with Gasteiger partial charge in [-0.3, -0.25) is 4.79 Å². The molecule has 0 aromatic heterocycles. The van der Waals surface area contributed by atoms with Gasteiger partial charge in [0.2, 0.25) is 0 Å². The van der Waals surface area contributed by atoms with Crippen molar-refractivity contribution in [3.8, 4) is 11.1 Å². The first-order valence-corrected chi connectivity index (χ1v) is 11.3. The lowest BCUT2D eigenvalue weighted by Crippen LogP contribution is -2.26. The monoisotopic (exact) mass is 470 g/mol. The molecule has 0 atom stereocenters. The van der Waals surface area contributed by atoms with E-state index >= 15 is 0 Å². The van der Waals surface area contributed by atoms with Gasteiger partial charge in [0.05, 0.1) is 5.56 Å². The SMILES string of the molecule is C/C(=C\CNC(=O)OCC1c2ccccc2-c2ccccc21)C(=O)Nc1cccc(C(=O)O)c1C. The van der Waals surface area contributed by atoms with Crippen molar-refractivity contribution in [1.29, 1.82) is 0 Å². The van der Waals surface area contributed by atoms with E-state index in [4.69, 9.17) is 4.74 Å². The van der Waals surface area contributed by atoms with E-state index in [1.165, 1.54) is 6.07 Å². The van der Waals surface area contributed by atoms with E-state index in [1.807, 2.05) is 24.3 Å². The van der Waals surface area contributed by atoms with Crippen LogP contribution < -0.4 is 10.6 Å². The molecule has 0 aliphatic heterocycles. The van der Waals surface area contributed by atoms with Crippen LogP contribution in [0, 0.1) is 6.92 Å². The maximum absolute atomic E-state index is 12.5. The van der Waals surface area contributed by atoms with E-state index < -0.39 is 12.1 Å². The molecule has 0 bridgehead atoms. The van der Waals surface area contributed by atoms with Crippen LogP contribution in [0.25, 0.3) is 11.1 Å². The van der Waals surface area contributed by atoms with Crippen molar-refractivity contribution in [1.82, 2.24) is 5.32 Å². The number of hydrogen-bond donors (Lipinski definition) is 3. The van der Waals surface area contributed by atoms with Gasteiger partial charge in [0.25, 0.3) is 5.91 Å². The summed E-state index contributed by atoms with van der Waals surface area (Å²) in [6.07, 6.45) is 1.01. The number of alkyl carbamates (subject to hydrolysis) is 1. The molecule has 0 spiro atoms. The largest absolute Gasteiger partial charge is 0.478 e. The molecular weight excluding hydrogens is 444 g/mol. The lowest BCUT2D eigenvalue weighted by molar-refractivity contribution is -0.112. The summed E-state index contributed by atoms with van der Waals surface area (Å²) in [5.74, 6) is -1.47. The molecule has 1 aliphatic carbocycles. The average molecular weight is 471 g/mol. The first-order valence-electron chi connectivity index (χ1n) is 11.3. The Morgan fingerprint density at radius 1 is 0.943 bits per heavy atom. The number of aromatic carboxylic acids is 1. The Morgan fingerprint density at radius 2 is 1.57 bits per heavy atom. The molecule has 4 rings (SSSR count). The maximum atomic E-state index is 12.5. The first kappa shape index (κ1) is 23.8. The van der Waals surface area contributed by atoms with Gasteiger partial charge in [0, 0.05) is 23.7 Å². The molecule has 0 saturated heterocycles. The van der Waals surface area contributed by atoms with E-state index in [1.54, 1.807) is 32.1 Å². The van der Waals surface area contributed by atoms with Gasteiger partial charge < -0.3 is 20.5 Å². The average Bonchev–Trinajstić information content (AvgIpc) is 3.17. The summed E-state index contributed by atoms with van der Waals surface area (Å²) in [5.41, 5.74) is 5.99. The fourth-order valence-corrected chi connectivity index (χ4v) is 4.25. The lowest BCUT2D eigenvalue weighted by atomic mass is 9.98. The Kier molecular flexibility index (Phi) is 6.96. The summed E-state index contributed by atoms with van der Waals surface area (Å²) in [6.45, 7) is 3.58. The predicted molar refractivity (Wildman–Crippen MR) is 134 cm³/mol. The zero-order chi connectivity index (χ0) is 24.9. The van der Waals surface area contributed by atoms with Crippen molar-refractivity contribution in [2.24, 2.45) is 0 Å². The number of carboxylic acid groups (broad SMARTS) is 1. The summed E-state index contributed by atoms with van der Waals surface area (Å²) < 4.78 is 5.49. The van der Waals surface area contributed by atoms with Crippen LogP contribution in [0.5, 0.6) is 0 Å². The summed E-state index contributed by atoms with van der Waals surface area (Å²) in [6, 6.07) is 20.9. The van der Waals surface area contributed by atoms with Crippen LogP contribution in [0.2, 0.25) is 0 Å². The van der Waals surface area contributed by atoms with E-state index in [0.717, 1.165) is 22.3 Å². The molecule has 2 amide bonds. The fourth-order valence-electron chi connectivity index (χ4n) is 4.25. The third-order valence-corrected chi connectivity index (χ3v) is 6.17. The quantitative estimate of drug-likeness (QED) is 0.416. The number of fused-ring (bicyclic) bond motifs is 3. The van der Waals surface area contributed by atoms with E-state index in [-0.39, 0.29) is 30.5 Å². The normalized spacial score (nSPS) is 12.5. The van der Waals surface area contributed by atoms with Crippen LogP contribution in [0.15, 0.2) is 78.4 Å². The molecule has 0 radical (unpaired) electrons. The van der Waals surface area contributed by atoms with Crippen molar-refractivity contribution < 1.29 is 24.2 Å². The van der Waals surface area contributed by atoms with Crippen LogP contribution in [0.1, 0.15) is 39.9 Å². The number of nitrogens with one attached hydrogen (secondary N) is 2. The highest BCUT2D eigenvalue weighted by atomic mass is 16.5. The Bertz CT molecular complexity index is 1280. The minimum absolute atomic E-state index is 0.0268. The number of benzene rings is 3. The number of amides is 2. The van der Waals surface area contributed by atoms with Gasteiger partial charge in [-0.2, -0.15) is 0 Å². The minimum Gasteiger partial charge on any atom is -0.478 e. The van der Waals surface area contributed by atoms with E-state index in [2.05, 4.69) is 34.9 Å². The number of carbonyl (C=O) groups is 3. The Labute approximate surface area is 203 Å². The molecule has 0 heterocycles. The van der Waals surface area contributed by atoms with Gasteiger partial charge >= 0.3 is 12.1 Å². The third-order valence-electron chi connectivity index (χ3n) is 6.17.